The Bertz CT molecular complexity index is 1690. The molecule has 3 heterocycles. The van der Waals surface area contributed by atoms with Crippen LogP contribution in [0, 0.1) is 17.8 Å². The second-order valence-corrected chi connectivity index (χ2v) is 16.6. The lowest BCUT2D eigenvalue weighted by atomic mass is 10.0. The van der Waals surface area contributed by atoms with Gasteiger partial charge in [0.15, 0.2) is 0 Å². The Labute approximate surface area is 305 Å². The number of benzene rings is 1. The van der Waals surface area contributed by atoms with Crippen molar-refractivity contribution in [2.24, 2.45) is 17.8 Å². The Morgan fingerprint density at radius 3 is 1.94 bits per heavy atom. The fourth-order valence-electron chi connectivity index (χ4n) is 7.12. The molecule has 0 bridgehead atoms. The van der Waals surface area contributed by atoms with Gasteiger partial charge in [-0.1, -0.05) is 12.1 Å². The highest BCUT2D eigenvalue weighted by Gasteiger charge is 2.57. The zero-order valence-electron chi connectivity index (χ0n) is 31.8. The van der Waals surface area contributed by atoms with Crippen LogP contribution < -0.4 is 21.6 Å². The molecule has 1 aliphatic carbocycles. The fraction of sp³-hybridized carbons (Fsp3) is 0.622. The predicted octanol–water partition coefficient (Wildman–Crippen LogP) is 3.80. The molecule has 3 fully saturated rings. The summed E-state index contributed by atoms with van der Waals surface area (Å²) in [5, 5.41) is 8.33. The number of amides is 5. The molecule has 3 unspecified atom stereocenters. The first-order chi connectivity index (χ1) is 24.2. The van der Waals surface area contributed by atoms with Crippen LogP contribution in [0.1, 0.15) is 67.9 Å². The summed E-state index contributed by atoms with van der Waals surface area (Å²) in [5.41, 5.74) is -1.13. The van der Waals surface area contributed by atoms with Gasteiger partial charge >= 0.3 is 23.9 Å². The Hall–Kier alpha value is -4.66. The number of fused-ring (bicyclic) bond motifs is 1. The molecule has 5 amide bonds. The Morgan fingerprint density at radius 1 is 0.827 bits per heavy atom. The van der Waals surface area contributed by atoms with Gasteiger partial charge in [-0.05, 0) is 104 Å². The number of likely N-dealkylation sites (tertiary alicyclic amines) is 1. The Morgan fingerprint density at radius 2 is 1.38 bits per heavy atom. The number of rotatable bonds is 8. The van der Waals surface area contributed by atoms with Crippen molar-refractivity contribution in [1.29, 1.82) is 0 Å². The van der Waals surface area contributed by atoms with E-state index in [1.165, 1.54) is 4.57 Å². The minimum absolute atomic E-state index is 0.0703. The highest BCUT2D eigenvalue weighted by Crippen LogP contribution is 2.53. The molecule has 3 N–H and O–H groups in total. The van der Waals surface area contributed by atoms with E-state index in [9.17, 15) is 24.0 Å². The minimum Gasteiger partial charge on any atom is -0.444 e. The molecule has 284 valence electrons. The second kappa shape index (κ2) is 14.8. The average molecular weight is 723 g/mol. The first-order valence-electron chi connectivity index (χ1n) is 18.0. The lowest BCUT2D eigenvalue weighted by Gasteiger charge is -2.38. The van der Waals surface area contributed by atoms with Gasteiger partial charge in [0.2, 0.25) is 5.91 Å². The van der Waals surface area contributed by atoms with Crippen LogP contribution in [0.4, 0.5) is 20.2 Å². The summed E-state index contributed by atoms with van der Waals surface area (Å²) < 4.78 is 12.1. The van der Waals surface area contributed by atoms with E-state index in [1.807, 2.05) is 45.0 Å². The lowest BCUT2D eigenvalue weighted by Crippen LogP contribution is -2.60. The SMILES string of the molecule is CC(NC(=O)OC(C)(C)C)C1C2CN(Cc3ccc(-n4ccc(NC(=O)N5CCN(C(=O)C(C)(C)NC(=O)OC(C)(C)C)CC5)nc4=O)cc3)CC21. The molecule has 1 saturated carbocycles. The average Bonchev–Trinajstić information content (AvgIpc) is 3.54. The van der Waals surface area contributed by atoms with Gasteiger partial charge in [0.1, 0.15) is 22.6 Å². The topological polar surface area (TPSA) is 167 Å². The number of anilines is 1. The molecule has 15 nitrogen and oxygen atoms in total. The van der Waals surface area contributed by atoms with Gasteiger partial charge in [0.05, 0.1) is 5.69 Å². The highest BCUT2D eigenvalue weighted by atomic mass is 16.6. The van der Waals surface area contributed by atoms with Crippen molar-refractivity contribution in [3.05, 3.63) is 52.6 Å². The summed E-state index contributed by atoms with van der Waals surface area (Å²) in [4.78, 5) is 73.2. The normalized spacial score (nSPS) is 21.1. The Balaban J connectivity index is 1.06. The van der Waals surface area contributed by atoms with Gasteiger partial charge in [-0.15, -0.1) is 0 Å². The van der Waals surface area contributed by atoms with E-state index in [-0.39, 0.29) is 50.0 Å². The molecular weight excluding hydrogens is 668 g/mol. The highest BCUT2D eigenvalue weighted by molar-refractivity contribution is 5.90. The minimum atomic E-state index is -1.19. The number of carbonyl (C=O) groups excluding carboxylic acids is 4. The summed E-state index contributed by atoms with van der Waals surface area (Å²) in [6.07, 6.45) is 0.534. The number of nitrogens with zero attached hydrogens (tertiary/aromatic N) is 5. The maximum atomic E-state index is 13.1. The van der Waals surface area contributed by atoms with Gasteiger partial charge in [0, 0.05) is 58.1 Å². The summed E-state index contributed by atoms with van der Waals surface area (Å²) in [7, 11) is 0. The molecule has 5 rings (SSSR count). The monoisotopic (exact) mass is 722 g/mol. The molecule has 0 spiro atoms. The molecule has 2 aromatic rings. The third-order valence-corrected chi connectivity index (χ3v) is 9.52. The molecule has 15 heteroatoms. The smallest absolute Gasteiger partial charge is 0.408 e. The lowest BCUT2D eigenvalue weighted by molar-refractivity contribution is -0.138. The van der Waals surface area contributed by atoms with Gasteiger partial charge in [0.25, 0.3) is 0 Å². The number of aromatic nitrogens is 2. The zero-order chi connectivity index (χ0) is 38.2. The number of alkyl carbamates (subject to hydrolysis) is 2. The van der Waals surface area contributed by atoms with E-state index in [0.717, 1.165) is 25.2 Å². The molecule has 2 aliphatic heterocycles. The Kier molecular flexibility index (Phi) is 10.9. The summed E-state index contributed by atoms with van der Waals surface area (Å²) in [6, 6.07) is 8.99. The quantitative estimate of drug-likeness (QED) is 0.367. The predicted molar refractivity (Wildman–Crippen MR) is 195 cm³/mol. The molecular formula is C37H54N8O7. The van der Waals surface area contributed by atoms with E-state index < -0.39 is 34.6 Å². The zero-order valence-corrected chi connectivity index (χ0v) is 31.8. The van der Waals surface area contributed by atoms with Crippen LogP contribution in [-0.2, 0) is 20.8 Å². The molecule has 0 radical (unpaired) electrons. The number of ether oxygens (including phenoxy) is 2. The molecule has 3 aliphatic rings. The molecule has 52 heavy (non-hydrogen) atoms. The first-order valence-corrected chi connectivity index (χ1v) is 18.0. The van der Waals surface area contributed by atoms with Crippen LogP contribution >= 0.6 is 0 Å². The summed E-state index contributed by atoms with van der Waals surface area (Å²) in [5.74, 6) is 1.44. The number of piperidine rings is 1. The second-order valence-electron chi connectivity index (χ2n) is 16.6. The van der Waals surface area contributed by atoms with Crippen LogP contribution in [0.3, 0.4) is 0 Å². The number of hydrogen-bond acceptors (Lipinski definition) is 9. The van der Waals surface area contributed by atoms with Crippen LogP contribution in [0.15, 0.2) is 41.3 Å². The first kappa shape index (κ1) is 38.6. The number of hydrogen-bond donors (Lipinski definition) is 3. The van der Waals surface area contributed by atoms with Crippen molar-refractivity contribution in [2.75, 3.05) is 44.6 Å². The van der Waals surface area contributed by atoms with E-state index in [0.29, 0.717) is 23.4 Å². The van der Waals surface area contributed by atoms with Crippen LogP contribution in [0.2, 0.25) is 0 Å². The standard InChI is InChI=1S/C37H54N8O7/c1-23(38-33(49)51-35(2,3)4)29-26-21-42(22-27(26)29)20-24-10-12-25(13-11-24)45-15-14-28(40-32(45)48)39-31(47)44-18-16-43(17-19-44)30(46)37(8,9)41-34(50)52-36(5,6)7/h10-15,23,26-27,29H,16-22H2,1-9H3,(H,38,49)(H,41,50)(H,39,40,47,48). The number of piperazine rings is 1. The van der Waals surface area contributed by atoms with Crippen molar-refractivity contribution in [1.82, 2.24) is 34.9 Å². The third-order valence-electron chi connectivity index (χ3n) is 9.52. The third kappa shape index (κ3) is 9.81. The van der Waals surface area contributed by atoms with E-state index in [1.54, 1.807) is 56.7 Å². The maximum Gasteiger partial charge on any atom is 0.408 e. The molecule has 1 aromatic carbocycles. The van der Waals surface area contributed by atoms with Crippen molar-refractivity contribution >= 4 is 29.9 Å². The molecule has 3 atom stereocenters. The van der Waals surface area contributed by atoms with Crippen LogP contribution in [0.5, 0.6) is 0 Å². The van der Waals surface area contributed by atoms with E-state index in [4.69, 9.17) is 9.47 Å². The van der Waals surface area contributed by atoms with Gasteiger partial charge in [-0.3, -0.25) is 19.6 Å². The largest absolute Gasteiger partial charge is 0.444 e. The van der Waals surface area contributed by atoms with Crippen LogP contribution in [0.25, 0.3) is 5.69 Å². The molecule has 2 saturated heterocycles. The van der Waals surface area contributed by atoms with Crippen molar-refractivity contribution in [3.63, 3.8) is 0 Å². The van der Waals surface area contributed by atoms with Crippen LogP contribution in [-0.4, -0.2) is 110 Å². The van der Waals surface area contributed by atoms with E-state index >= 15 is 0 Å². The summed E-state index contributed by atoms with van der Waals surface area (Å²) >= 11 is 0. The fourth-order valence-corrected chi connectivity index (χ4v) is 7.12. The molecule has 1 aromatic heterocycles. The van der Waals surface area contributed by atoms with Gasteiger partial charge in [-0.2, -0.15) is 4.98 Å². The van der Waals surface area contributed by atoms with Crippen molar-refractivity contribution < 1.29 is 28.7 Å². The number of nitrogens with one attached hydrogen (secondary N) is 3. The van der Waals surface area contributed by atoms with Gasteiger partial charge < -0.3 is 29.9 Å². The van der Waals surface area contributed by atoms with Crippen molar-refractivity contribution in [3.8, 4) is 5.69 Å². The van der Waals surface area contributed by atoms with E-state index in [2.05, 4.69) is 32.8 Å². The van der Waals surface area contributed by atoms with Crippen molar-refractivity contribution in [2.45, 2.75) is 91.6 Å². The summed E-state index contributed by atoms with van der Waals surface area (Å²) in [6.45, 7) is 20.0. The van der Waals surface area contributed by atoms with Gasteiger partial charge in [-0.25, -0.2) is 19.2 Å². The number of carbonyl (C=O) groups is 4. The number of urea groups is 1. The maximum absolute atomic E-state index is 13.1.